The van der Waals surface area contributed by atoms with Crippen LogP contribution in [0, 0.1) is 17.1 Å². The quantitative estimate of drug-likeness (QED) is 0.659. The van der Waals surface area contributed by atoms with E-state index in [0.717, 1.165) is 10.5 Å². The standard InChI is InChI=1S/C16H12BrFN4O3S/c1-25-14-6-10(2-4-19)12(18)8-13(14)21-26(23,24)16-9-20-15-7-11(17)3-5-22(15)16/h3,5-9,21H,2H2,1H3. The molecule has 0 saturated heterocycles. The minimum atomic E-state index is -4.06. The van der Waals surface area contributed by atoms with Crippen LogP contribution in [0.2, 0.25) is 0 Å². The summed E-state index contributed by atoms with van der Waals surface area (Å²) in [5.74, 6) is -0.594. The smallest absolute Gasteiger partial charge is 0.279 e. The molecule has 134 valence electrons. The Morgan fingerprint density at radius 3 is 2.88 bits per heavy atom. The molecule has 0 aliphatic rings. The SMILES string of the molecule is COc1cc(CC#N)c(F)cc1NS(=O)(=O)c1cnc2cc(Br)ccn12. The maximum atomic E-state index is 14.1. The predicted octanol–water partition coefficient (Wildman–Crippen LogP) is 3.11. The second kappa shape index (κ2) is 6.93. The van der Waals surface area contributed by atoms with Gasteiger partial charge in [-0.3, -0.25) is 9.12 Å². The van der Waals surface area contributed by atoms with Crippen LogP contribution < -0.4 is 9.46 Å². The molecule has 2 aromatic heterocycles. The number of sulfonamides is 1. The summed E-state index contributed by atoms with van der Waals surface area (Å²) in [5, 5.41) is 8.62. The molecule has 0 aliphatic carbocycles. The third kappa shape index (κ3) is 3.36. The molecule has 0 fully saturated rings. The van der Waals surface area contributed by atoms with E-state index in [2.05, 4.69) is 25.6 Å². The molecule has 0 atom stereocenters. The fourth-order valence-electron chi connectivity index (χ4n) is 2.39. The Bertz CT molecular complexity index is 1140. The zero-order valence-corrected chi connectivity index (χ0v) is 15.8. The number of methoxy groups -OCH3 is 1. The summed E-state index contributed by atoms with van der Waals surface area (Å²) in [6.45, 7) is 0. The van der Waals surface area contributed by atoms with Crippen molar-refractivity contribution in [1.29, 1.82) is 5.26 Å². The normalized spacial score (nSPS) is 11.3. The van der Waals surface area contributed by atoms with Crippen LogP contribution in [-0.2, 0) is 16.4 Å². The summed E-state index contributed by atoms with van der Waals surface area (Å²) in [6.07, 6.45) is 2.60. The Morgan fingerprint density at radius 1 is 1.42 bits per heavy atom. The van der Waals surface area contributed by atoms with Gasteiger partial charge in [0.1, 0.15) is 17.2 Å². The van der Waals surface area contributed by atoms with Crippen LogP contribution in [0.1, 0.15) is 5.56 Å². The van der Waals surface area contributed by atoms with E-state index < -0.39 is 15.8 Å². The number of nitrogens with one attached hydrogen (secondary N) is 1. The zero-order valence-electron chi connectivity index (χ0n) is 13.4. The van der Waals surface area contributed by atoms with Crippen molar-refractivity contribution in [3.63, 3.8) is 0 Å². The number of nitrogens with zero attached hydrogens (tertiary/aromatic N) is 3. The van der Waals surface area contributed by atoms with Gasteiger partial charge in [0.25, 0.3) is 10.0 Å². The fraction of sp³-hybridized carbons (Fsp3) is 0.125. The lowest BCUT2D eigenvalue weighted by Gasteiger charge is -2.13. The summed E-state index contributed by atoms with van der Waals surface area (Å²) in [6, 6.07) is 7.46. The van der Waals surface area contributed by atoms with E-state index in [4.69, 9.17) is 10.00 Å². The van der Waals surface area contributed by atoms with Crippen LogP contribution in [0.4, 0.5) is 10.1 Å². The van der Waals surface area contributed by atoms with E-state index in [9.17, 15) is 12.8 Å². The molecule has 0 aliphatic heterocycles. The number of fused-ring (bicyclic) bond motifs is 1. The molecule has 3 aromatic rings. The first-order valence-electron chi connectivity index (χ1n) is 7.24. The van der Waals surface area contributed by atoms with Crippen LogP contribution >= 0.6 is 15.9 Å². The molecule has 26 heavy (non-hydrogen) atoms. The molecule has 0 radical (unpaired) electrons. The fourth-order valence-corrected chi connectivity index (χ4v) is 3.87. The Balaban J connectivity index is 2.04. The number of anilines is 1. The van der Waals surface area contributed by atoms with Crippen LogP contribution in [0.5, 0.6) is 5.75 Å². The van der Waals surface area contributed by atoms with Gasteiger partial charge in [0, 0.05) is 22.3 Å². The number of benzene rings is 1. The number of hydrogen-bond donors (Lipinski definition) is 1. The predicted molar refractivity (Wildman–Crippen MR) is 96.0 cm³/mol. The molecule has 0 saturated carbocycles. The summed E-state index contributed by atoms with van der Waals surface area (Å²) < 4.78 is 49.2. The van der Waals surface area contributed by atoms with E-state index >= 15 is 0 Å². The Kier molecular flexibility index (Phi) is 4.84. The Labute approximate surface area is 157 Å². The molecule has 10 heteroatoms. The number of halogens is 2. The number of pyridine rings is 1. The van der Waals surface area contributed by atoms with Crippen molar-refractivity contribution >= 4 is 37.3 Å². The summed E-state index contributed by atoms with van der Waals surface area (Å²) in [4.78, 5) is 4.06. The van der Waals surface area contributed by atoms with Gasteiger partial charge in [0.2, 0.25) is 0 Å². The Hall–Kier alpha value is -2.64. The lowest BCUT2D eigenvalue weighted by atomic mass is 10.1. The maximum Gasteiger partial charge on any atom is 0.279 e. The Morgan fingerprint density at radius 2 is 2.19 bits per heavy atom. The molecule has 3 rings (SSSR count). The highest BCUT2D eigenvalue weighted by atomic mass is 79.9. The number of aromatic nitrogens is 2. The van der Waals surface area contributed by atoms with Crippen molar-refractivity contribution < 1.29 is 17.5 Å². The molecule has 2 heterocycles. The molecule has 1 aromatic carbocycles. The van der Waals surface area contributed by atoms with E-state index in [1.165, 1.54) is 23.8 Å². The van der Waals surface area contributed by atoms with Gasteiger partial charge in [-0.25, -0.2) is 9.37 Å². The molecule has 7 nitrogen and oxygen atoms in total. The molecule has 1 N–H and O–H groups in total. The van der Waals surface area contributed by atoms with Crippen molar-refractivity contribution in [3.8, 4) is 11.8 Å². The third-order valence-electron chi connectivity index (χ3n) is 3.60. The van der Waals surface area contributed by atoms with Crippen LogP contribution in [0.15, 0.2) is 46.2 Å². The van der Waals surface area contributed by atoms with Gasteiger partial charge in [0.05, 0.1) is 31.5 Å². The van der Waals surface area contributed by atoms with Gasteiger partial charge in [-0.1, -0.05) is 15.9 Å². The minimum Gasteiger partial charge on any atom is -0.495 e. The highest BCUT2D eigenvalue weighted by Crippen LogP contribution is 2.30. The van der Waals surface area contributed by atoms with Crippen molar-refractivity contribution in [2.24, 2.45) is 0 Å². The molecule has 0 unspecified atom stereocenters. The summed E-state index contributed by atoms with van der Waals surface area (Å²) in [7, 11) is -2.73. The van der Waals surface area contributed by atoms with Gasteiger partial charge in [-0.05, 0) is 18.2 Å². The number of ether oxygens (including phenoxy) is 1. The van der Waals surface area contributed by atoms with Gasteiger partial charge in [0.15, 0.2) is 5.03 Å². The van der Waals surface area contributed by atoms with E-state index in [1.807, 2.05) is 6.07 Å². The zero-order chi connectivity index (χ0) is 18.9. The van der Waals surface area contributed by atoms with Crippen molar-refractivity contribution in [1.82, 2.24) is 9.38 Å². The van der Waals surface area contributed by atoms with Crippen LogP contribution in [0.25, 0.3) is 5.65 Å². The average molecular weight is 439 g/mol. The molecular formula is C16H12BrFN4O3S. The lowest BCUT2D eigenvalue weighted by molar-refractivity contribution is 0.415. The first kappa shape index (κ1) is 18.2. The summed E-state index contributed by atoms with van der Waals surface area (Å²) >= 11 is 3.29. The molecular weight excluding hydrogens is 427 g/mol. The van der Waals surface area contributed by atoms with Gasteiger partial charge >= 0.3 is 0 Å². The van der Waals surface area contributed by atoms with Crippen LogP contribution in [0.3, 0.4) is 0 Å². The average Bonchev–Trinajstić information content (AvgIpc) is 3.01. The highest BCUT2D eigenvalue weighted by Gasteiger charge is 2.22. The highest BCUT2D eigenvalue weighted by molar-refractivity contribution is 9.10. The van der Waals surface area contributed by atoms with Crippen LogP contribution in [-0.4, -0.2) is 24.9 Å². The number of hydrogen-bond acceptors (Lipinski definition) is 5. The molecule has 0 bridgehead atoms. The van der Waals surface area contributed by atoms with E-state index in [1.54, 1.807) is 18.3 Å². The topological polar surface area (TPSA) is 96.5 Å². The number of rotatable bonds is 5. The van der Waals surface area contributed by atoms with Crippen molar-refractivity contribution in [3.05, 3.63) is 52.5 Å². The maximum absolute atomic E-state index is 14.1. The third-order valence-corrected chi connectivity index (χ3v) is 5.43. The summed E-state index contributed by atoms with van der Waals surface area (Å²) in [5.41, 5.74) is 0.480. The number of nitriles is 1. The van der Waals surface area contributed by atoms with E-state index in [-0.39, 0.29) is 28.4 Å². The van der Waals surface area contributed by atoms with Crippen molar-refractivity contribution in [2.75, 3.05) is 11.8 Å². The van der Waals surface area contributed by atoms with Crippen molar-refractivity contribution in [2.45, 2.75) is 11.4 Å². The second-order valence-electron chi connectivity index (χ2n) is 5.25. The van der Waals surface area contributed by atoms with Gasteiger partial charge in [-0.15, -0.1) is 0 Å². The lowest BCUT2D eigenvalue weighted by Crippen LogP contribution is -2.16. The second-order valence-corrected chi connectivity index (χ2v) is 7.80. The molecule has 0 spiro atoms. The largest absolute Gasteiger partial charge is 0.495 e. The monoisotopic (exact) mass is 438 g/mol. The minimum absolute atomic E-state index is 0.0706. The number of imidazole rings is 1. The van der Waals surface area contributed by atoms with E-state index in [0.29, 0.717) is 5.65 Å². The first-order chi connectivity index (χ1) is 12.4. The van der Waals surface area contributed by atoms with Gasteiger partial charge in [-0.2, -0.15) is 13.7 Å². The molecule has 0 amide bonds. The first-order valence-corrected chi connectivity index (χ1v) is 9.52. The van der Waals surface area contributed by atoms with Gasteiger partial charge < -0.3 is 4.74 Å².